The van der Waals surface area contributed by atoms with Crippen LogP contribution in [-0.2, 0) is 6.61 Å². The van der Waals surface area contributed by atoms with E-state index in [1.54, 1.807) is 0 Å². The number of nitrogens with zero attached hydrogens (tertiary/aromatic N) is 1. The number of hydrogen-bond acceptors (Lipinski definition) is 3. The van der Waals surface area contributed by atoms with Crippen molar-refractivity contribution in [2.75, 3.05) is 26.2 Å². The lowest BCUT2D eigenvalue weighted by Gasteiger charge is -2.33. The van der Waals surface area contributed by atoms with E-state index in [0.717, 1.165) is 31.9 Å². The Bertz CT molecular complexity index is 603. The zero-order chi connectivity index (χ0) is 15.9. The number of piperazine rings is 1. The van der Waals surface area contributed by atoms with Crippen molar-refractivity contribution in [3.63, 3.8) is 0 Å². The van der Waals surface area contributed by atoms with Gasteiger partial charge in [0.1, 0.15) is 12.4 Å². The van der Waals surface area contributed by atoms with E-state index < -0.39 is 0 Å². The van der Waals surface area contributed by atoms with Crippen LogP contribution in [0.5, 0.6) is 5.75 Å². The molecule has 3 rings (SSSR count). The van der Waals surface area contributed by atoms with Crippen molar-refractivity contribution >= 4 is 0 Å². The molecule has 3 heteroatoms. The van der Waals surface area contributed by atoms with Gasteiger partial charge in [-0.2, -0.15) is 0 Å². The van der Waals surface area contributed by atoms with E-state index in [-0.39, 0.29) is 6.04 Å². The van der Waals surface area contributed by atoms with Crippen LogP contribution in [0.25, 0.3) is 0 Å². The Labute approximate surface area is 138 Å². The molecule has 0 spiro atoms. The van der Waals surface area contributed by atoms with Crippen LogP contribution in [0.2, 0.25) is 0 Å². The third kappa shape index (κ3) is 4.21. The monoisotopic (exact) mass is 308 g/mol. The van der Waals surface area contributed by atoms with Gasteiger partial charge < -0.3 is 10.1 Å². The van der Waals surface area contributed by atoms with Gasteiger partial charge in [-0.25, -0.2) is 0 Å². The topological polar surface area (TPSA) is 24.5 Å². The molecule has 0 saturated carbocycles. The Hall–Kier alpha value is -2.10. The third-order valence-corrected chi connectivity index (χ3v) is 4.24. The number of ether oxygens (including phenoxy) is 1. The summed E-state index contributed by atoms with van der Waals surface area (Å²) in [7, 11) is 0. The highest BCUT2D eigenvalue weighted by molar-refractivity contribution is 5.31. The van der Waals surface area contributed by atoms with Crippen LogP contribution in [0.15, 0.2) is 67.3 Å². The predicted octanol–water partition coefficient (Wildman–Crippen LogP) is 3.40. The lowest BCUT2D eigenvalue weighted by atomic mass is 10.0. The van der Waals surface area contributed by atoms with Crippen molar-refractivity contribution < 1.29 is 4.74 Å². The number of nitrogens with one attached hydrogen (secondary N) is 1. The highest BCUT2D eigenvalue weighted by Crippen LogP contribution is 2.24. The molecule has 0 bridgehead atoms. The molecule has 0 amide bonds. The maximum atomic E-state index is 5.86. The summed E-state index contributed by atoms with van der Waals surface area (Å²) in [4.78, 5) is 2.46. The molecule has 0 aromatic heterocycles. The molecule has 1 saturated heterocycles. The van der Waals surface area contributed by atoms with Crippen molar-refractivity contribution in [1.82, 2.24) is 10.2 Å². The van der Waals surface area contributed by atoms with Gasteiger partial charge >= 0.3 is 0 Å². The van der Waals surface area contributed by atoms with Crippen LogP contribution < -0.4 is 10.1 Å². The fraction of sp³-hybridized carbons (Fsp3) is 0.300. The highest BCUT2D eigenvalue weighted by Gasteiger charge is 2.19. The second kappa shape index (κ2) is 7.95. The van der Waals surface area contributed by atoms with Gasteiger partial charge in [-0.1, -0.05) is 48.5 Å². The molecule has 1 aliphatic rings. The lowest BCUT2D eigenvalue weighted by molar-refractivity contribution is 0.203. The third-order valence-electron chi connectivity index (χ3n) is 4.24. The Morgan fingerprint density at radius 2 is 1.74 bits per heavy atom. The Kier molecular flexibility index (Phi) is 5.46. The van der Waals surface area contributed by atoms with Crippen LogP contribution in [0.4, 0.5) is 0 Å². The summed E-state index contributed by atoms with van der Waals surface area (Å²) in [5, 5.41) is 3.39. The van der Waals surface area contributed by atoms with Gasteiger partial charge in [0, 0.05) is 26.2 Å². The van der Waals surface area contributed by atoms with Gasteiger partial charge in [0.05, 0.1) is 6.04 Å². The van der Waals surface area contributed by atoms with E-state index in [1.165, 1.54) is 11.1 Å². The summed E-state index contributed by atoms with van der Waals surface area (Å²) in [6.07, 6.45) is 2.03. The van der Waals surface area contributed by atoms with Crippen LogP contribution in [0, 0.1) is 0 Å². The van der Waals surface area contributed by atoms with E-state index >= 15 is 0 Å². The Morgan fingerprint density at radius 1 is 1.04 bits per heavy atom. The number of rotatable bonds is 6. The zero-order valence-electron chi connectivity index (χ0n) is 13.4. The van der Waals surface area contributed by atoms with E-state index in [9.17, 15) is 0 Å². The van der Waals surface area contributed by atoms with Gasteiger partial charge in [0.25, 0.3) is 0 Å². The molecule has 1 heterocycles. The van der Waals surface area contributed by atoms with Crippen LogP contribution in [0.3, 0.4) is 0 Å². The second-order valence-corrected chi connectivity index (χ2v) is 5.81. The average molecular weight is 308 g/mol. The second-order valence-electron chi connectivity index (χ2n) is 5.81. The van der Waals surface area contributed by atoms with Crippen molar-refractivity contribution in [3.05, 3.63) is 78.4 Å². The molecular formula is C20H24N2O. The van der Waals surface area contributed by atoms with Gasteiger partial charge in [-0.05, 0) is 23.3 Å². The molecule has 23 heavy (non-hydrogen) atoms. The van der Waals surface area contributed by atoms with E-state index in [1.807, 2.05) is 24.3 Å². The molecule has 3 nitrogen and oxygen atoms in total. The quantitative estimate of drug-likeness (QED) is 0.828. The first-order valence-corrected chi connectivity index (χ1v) is 8.21. The standard InChI is InChI=1S/C20H24N2O/c1-2-20(22-14-12-21-13-15-22)18-8-10-19(11-9-18)23-16-17-6-4-3-5-7-17/h2-11,20-21H,1,12-16H2/t20-/m1/s1. The summed E-state index contributed by atoms with van der Waals surface area (Å²) < 4.78 is 5.86. The summed E-state index contributed by atoms with van der Waals surface area (Å²) in [6, 6.07) is 18.9. The molecule has 0 unspecified atom stereocenters. The predicted molar refractivity (Wildman–Crippen MR) is 94.6 cm³/mol. The summed E-state index contributed by atoms with van der Waals surface area (Å²) in [5.41, 5.74) is 2.45. The first-order chi connectivity index (χ1) is 11.4. The smallest absolute Gasteiger partial charge is 0.119 e. The minimum Gasteiger partial charge on any atom is -0.489 e. The van der Waals surface area contributed by atoms with Gasteiger partial charge in [-0.15, -0.1) is 6.58 Å². The van der Waals surface area contributed by atoms with Crippen molar-refractivity contribution in [1.29, 1.82) is 0 Å². The van der Waals surface area contributed by atoms with Crippen LogP contribution in [-0.4, -0.2) is 31.1 Å². The lowest BCUT2D eigenvalue weighted by Crippen LogP contribution is -2.44. The van der Waals surface area contributed by atoms with E-state index in [4.69, 9.17) is 4.74 Å². The van der Waals surface area contributed by atoms with Gasteiger partial charge in [0.2, 0.25) is 0 Å². The SMILES string of the molecule is C=C[C@H](c1ccc(OCc2ccccc2)cc1)N1CCNCC1. The highest BCUT2D eigenvalue weighted by atomic mass is 16.5. The molecular weight excluding hydrogens is 284 g/mol. The maximum absolute atomic E-state index is 5.86. The Morgan fingerprint density at radius 3 is 2.39 bits per heavy atom. The molecule has 1 N–H and O–H groups in total. The molecule has 1 atom stereocenters. The van der Waals surface area contributed by atoms with Crippen molar-refractivity contribution in [2.45, 2.75) is 12.6 Å². The molecule has 0 radical (unpaired) electrons. The largest absolute Gasteiger partial charge is 0.489 e. The number of benzene rings is 2. The van der Waals surface area contributed by atoms with Gasteiger partial charge in [0.15, 0.2) is 0 Å². The first kappa shape index (κ1) is 15.8. The molecule has 2 aromatic carbocycles. The van der Waals surface area contributed by atoms with Crippen LogP contribution in [0.1, 0.15) is 17.2 Å². The van der Waals surface area contributed by atoms with Crippen molar-refractivity contribution in [2.24, 2.45) is 0 Å². The minimum absolute atomic E-state index is 0.278. The normalized spacial score (nSPS) is 16.7. The Balaban J connectivity index is 1.62. The summed E-state index contributed by atoms with van der Waals surface area (Å²) in [6.45, 7) is 8.82. The summed E-state index contributed by atoms with van der Waals surface area (Å²) in [5.74, 6) is 0.903. The van der Waals surface area contributed by atoms with E-state index in [0.29, 0.717) is 6.61 Å². The molecule has 1 fully saturated rings. The minimum atomic E-state index is 0.278. The number of hydrogen-bond donors (Lipinski definition) is 1. The maximum Gasteiger partial charge on any atom is 0.119 e. The fourth-order valence-corrected chi connectivity index (χ4v) is 2.96. The van der Waals surface area contributed by atoms with Gasteiger partial charge in [-0.3, -0.25) is 4.90 Å². The summed E-state index contributed by atoms with van der Waals surface area (Å²) >= 11 is 0. The molecule has 1 aliphatic heterocycles. The van der Waals surface area contributed by atoms with Crippen molar-refractivity contribution in [3.8, 4) is 5.75 Å². The fourth-order valence-electron chi connectivity index (χ4n) is 2.96. The molecule has 120 valence electrons. The first-order valence-electron chi connectivity index (χ1n) is 8.21. The van der Waals surface area contributed by atoms with E-state index in [2.05, 4.69) is 53.2 Å². The average Bonchev–Trinajstić information content (AvgIpc) is 2.63. The zero-order valence-corrected chi connectivity index (χ0v) is 13.4. The molecule has 0 aliphatic carbocycles. The van der Waals surface area contributed by atoms with Crippen LogP contribution >= 0.6 is 0 Å². The molecule has 2 aromatic rings.